The van der Waals surface area contributed by atoms with E-state index in [2.05, 4.69) is 158 Å². The van der Waals surface area contributed by atoms with E-state index in [0.29, 0.717) is 0 Å². The van der Waals surface area contributed by atoms with Crippen molar-refractivity contribution in [3.05, 3.63) is 158 Å². The van der Waals surface area contributed by atoms with Crippen LogP contribution in [0.3, 0.4) is 0 Å². The van der Waals surface area contributed by atoms with E-state index in [1.54, 1.807) is 0 Å². The quantitative estimate of drug-likeness (QED) is 0.147. The molecule has 0 saturated carbocycles. The van der Waals surface area contributed by atoms with Gasteiger partial charge >= 0.3 is 0 Å². The van der Waals surface area contributed by atoms with Crippen LogP contribution in [-0.2, 0) is 0 Å². The minimum atomic E-state index is 1.26. The van der Waals surface area contributed by atoms with E-state index < -0.39 is 0 Å². The third kappa shape index (κ3) is 3.17. The summed E-state index contributed by atoms with van der Waals surface area (Å²) in [6.07, 6.45) is 0. The topological polar surface area (TPSA) is 0 Å². The molecule has 0 N–H and O–H groups in total. The zero-order valence-corrected chi connectivity index (χ0v) is 24.0. The number of fused-ring (bicyclic) bond motifs is 5. The average Bonchev–Trinajstić information content (AvgIpc) is 3.09. The Morgan fingerprint density at radius 3 is 1.48 bits per heavy atom. The fraction of sp³-hybridized carbons (Fsp3) is 0. The van der Waals surface area contributed by atoms with Gasteiger partial charge in [0, 0.05) is 0 Å². The Balaban J connectivity index is 1.45. The van der Waals surface area contributed by atoms with Crippen molar-refractivity contribution in [2.45, 2.75) is 0 Å². The van der Waals surface area contributed by atoms with Crippen LogP contribution in [0.4, 0.5) is 0 Å². The molecule has 44 heavy (non-hydrogen) atoms. The van der Waals surface area contributed by atoms with Crippen molar-refractivity contribution in [2.75, 3.05) is 0 Å². The number of hydrogen-bond acceptors (Lipinski definition) is 0. The smallest absolute Gasteiger partial charge is 0.00139 e. The second-order valence-corrected chi connectivity index (χ2v) is 12.0. The van der Waals surface area contributed by atoms with Crippen molar-refractivity contribution in [1.82, 2.24) is 0 Å². The maximum atomic E-state index is 2.37. The van der Waals surface area contributed by atoms with Crippen molar-refractivity contribution in [1.29, 1.82) is 0 Å². The van der Waals surface area contributed by atoms with E-state index in [9.17, 15) is 0 Å². The van der Waals surface area contributed by atoms with Gasteiger partial charge in [0.05, 0.1) is 0 Å². The molecule has 0 aliphatic heterocycles. The second-order valence-electron chi connectivity index (χ2n) is 12.0. The molecule has 0 aromatic heterocycles. The molecule has 10 aromatic rings. The van der Waals surface area contributed by atoms with E-state index in [4.69, 9.17) is 0 Å². The first-order valence-electron chi connectivity index (χ1n) is 15.4. The van der Waals surface area contributed by atoms with Gasteiger partial charge in [-0.1, -0.05) is 158 Å². The molecule has 0 bridgehead atoms. The summed E-state index contributed by atoms with van der Waals surface area (Å²) in [7, 11) is 0. The van der Waals surface area contributed by atoms with Gasteiger partial charge in [-0.25, -0.2) is 0 Å². The molecule has 0 saturated heterocycles. The van der Waals surface area contributed by atoms with Crippen LogP contribution >= 0.6 is 0 Å². The average molecular weight is 555 g/mol. The fourth-order valence-corrected chi connectivity index (χ4v) is 7.91. The summed E-state index contributed by atoms with van der Waals surface area (Å²) in [5, 5.41) is 18.2. The Kier molecular flexibility index (Phi) is 4.81. The van der Waals surface area contributed by atoms with E-state index in [1.165, 1.54) is 97.7 Å². The summed E-state index contributed by atoms with van der Waals surface area (Å²) in [5.41, 5.74) is 5.19. The standard InChI is InChI=1S/C44H26/c1-3-14-32-27(9-1)11-8-18-34(32)44-36-17-6-5-16-35(36)42(39-26-21-28-10-2-4-15-33(28)43(39)44)38-25-23-31-20-19-29-12-7-13-30-22-24-37(38)41(31)40(29)30/h1-26H. The summed E-state index contributed by atoms with van der Waals surface area (Å²) >= 11 is 0. The molecule has 0 fully saturated rings. The molecule has 0 unspecified atom stereocenters. The molecular weight excluding hydrogens is 528 g/mol. The van der Waals surface area contributed by atoms with Crippen molar-refractivity contribution in [3.8, 4) is 22.3 Å². The first-order valence-corrected chi connectivity index (χ1v) is 15.4. The predicted octanol–water partition coefficient (Wildman–Crippen LogP) is 12.5. The van der Waals surface area contributed by atoms with Gasteiger partial charge in [-0.3, -0.25) is 0 Å². The van der Waals surface area contributed by atoms with Crippen LogP contribution in [0.25, 0.3) is 97.7 Å². The molecule has 0 aliphatic rings. The molecule has 10 rings (SSSR count). The van der Waals surface area contributed by atoms with Crippen LogP contribution in [0.1, 0.15) is 0 Å². The fourth-order valence-electron chi connectivity index (χ4n) is 7.91. The van der Waals surface area contributed by atoms with Crippen molar-refractivity contribution in [3.63, 3.8) is 0 Å². The zero-order chi connectivity index (χ0) is 28.8. The highest BCUT2D eigenvalue weighted by Crippen LogP contribution is 2.49. The second kappa shape index (κ2) is 8.89. The summed E-state index contributed by atoms with van der Waals surface area (Å²) in [5.74, 6) is 0. The Bertz CT molecular complexity index is 2740. The molecule has 0 aliphatic carbocycles. The molecule has 0 heterocycles. The van der Waals surface area contributed by atoms with Crippen LogP contribution < -0.4 is 0 Å². The predicted molar refractivity (Wildman–Crippen MR) is 191 cm³/mol. The highest BCUT2D eigenvalue weighted by Gasteiger charge is 2.21. The lowest BCUT2D eigenvalue weighted by Gasteiger charge is -2.21. The van der Waals surface area contributed by atoms with Gasteiger partial charge in [0.25, 0.3) is 0 Å². The summed E-state index contributed by atoms with van der Waals surface area (Å²) in [6, 6.07) is 58.6. The van der Waals surface area contributed by atoms with Crippen LogP contribution in [0.15, 0.2) is 158 Å². The van der Waals surface area contributed by atoms with E-state index in [-0.39, 0.29) is 0 Å². The van der Waals surface area contributed by atoms with Crippen LogP contribution in [0.2, 0.25) is 0 Å². The van der Waals surface area contributed by atoms with E-state index in [0.717, 1.165) is 0 Å². The Hall–Kier alpha value is -5.72. The lowest BCUT2D eigenvalue weighted by molar-refractivity contribution is 1.70. The van der Waals surface area contributed by atoms with Crippen LogP contribution in [-0.4, -0.2) is 0 Å². The lowest BCUT2D eigenvalue weighted by atomic mass is 9.81. The third-order valence-electron chi connectivity index (χ3n) is 9.77. The lowest BCUT2D eigenvalue weighted by Crippen LogP contribution is -1.94. The SMILES string of the molecule is c1ccc2c(-c3c4ccccc4c(-c4ccc5ccc6cccc7ccc4c5c67)c4ccc5ccccc5c34)cccc2c1. The molecule has 0 atom stereocenters. The summed E-state index contributed by atoms with van der Waals surface area (Å²) in [6.45, 7) is 0. The highest BCUT2D eigenvalue weighted by atomic mass is 14.2. The maximum absolute atomic E-state index is 2.37. The van der Waals surface area contributed by atoms with Gasteiger partial charge in [0.2, 0.25) is 0 Å². The van der Waals surface area contributed by atoms with Crippen molar-refractivity contribution in [2.24, 2.45) is 0 Å². The van der Waals surface area contributed by atoms with Crippen LogP contribution in [0, 0.1) is 0 Å². The molecule has 10 aromatic carbocycles. The zero-order valence-electron chi connectivity index (χ0n) is 24.0. The highest BCUT2D eigenvalue weighted by molar-refractivity contribution is 6.32. The van der Waals surface area contributed by atoms with Gasteiger partial charge < -0.3 is 0 Å². The van der Waals surface area contributed by atoms with Gasteiger partial charge in [0.15, 0.2) is 0 Å². The summed E-state index contributed by atoms with van der Waals surface area (Å²) < 4.78 is 0. The van der Waals surface area contributed by atoms with Gasteiger partial charge in [-0.05, 0) is 97.7 Å². The molecule has 0 amide bonds. The minimum Gasteiger partial charge on any atom is -0.0616 e. The third-order valence-corrected chi connectivity index (χ3v) is 9.77. The molecule has 0 spiro atoms. The first kappa shape index (κ1) is 23.8. The van der Waals surface area contributed by atoms with E-state index >= 15 is 0 Å². The molecule has 202 valence electrons. The monoisotopic (exact) mass is 554 g/mol. The normalized spacial score (nSPS) is 12.1. The Morgan fingerprint density at radius 2 is 0.682 bits per heavy atom. The van der Waals surface area contributed by atoms with Gasteiger partial charge in [-0.15, -0.1) is 0 Å². The number of hydrogen-bond donors (Lipinski definition) is 0. The number of benzene rings is 10. The molecular formula is C44H26. The Labute approximate surface area is 254 Å². The molecule has 0 radical (unpaired) electrons. The maximum Gasteiger partial charge on any atom is -0.00139 e. The van der Waals surface area contributed by atoms with Crippen LogP contribution in [0.5, 0.6) is 0 Å². The van der Waals surface area contributed by atoms with Gasteiger partial charge in [0.1, 0.15) is 0 Å². The summed E-state index contributed by atoms with van der Waals surface area (Å²) in [4.78, 5) is 0. The molecule has 0 heteroatoms. The first-order chi connectivity index (χ1) is 21.8. The number of rotatable bonds is 2. The minimum absolute atomic E-state index is 1.26. The van der Waals surface area contributed by atoms with Crippen molar-refractivity contribution >= 4 is 75.4 Å². The largest absolute Gasteiger partial charge is 0.0616 e. The van der Waals surface area contributed by atoms with E-state index in [1.807, 2.05) is 0 Å². The van der Waals surface area contributed by atoms with Crippen molar-refractivity contribution < 1.29 is 0 Å². The Morgan fingerprint density at radius 1 is 0.205 bits per heavy atom. The molecule has 0 nitrogen and oxygen atoms in total. The van der Waals surface area contributed by atoms with Gasteiger partial charge in [-0.2, -0.15) is 0 Å².